The van der Waals surface area contributed by atoms with Gasteiger partial charge in [0.15, 0.2) is 0 Å². The summed E-state index contributed by atoms with van der Waals surface area (Å²) in [6.45, 7) is 1.81. The Balaban J connectivity index is 1.70. The van der Waals surface area contributed by atoms with Crippen molar-refractivity contribution in [3.05, 3.63) is 93.0 Å². The number of rotatable bonds is 5. The van der Waals surface area contributed by atoms with Gasteiger partial charge in [0.25, 0.3) is 5.69 Å². The molecule has 0 N–H and O–H groups in total. The number of hydrogen-bond donors (Lipinski definition) is 0. The van der Waals surface area contributed by atoms with Crippen LogP contribution in [0.2, 0.25) is 5.02 Å². The molecular weight excluding hydrogens is 368 g/mol. The van der Waals surface area contributed by atoms with Crippen LogP contribution >= 0.6 is 23.4 Å². The third kappa shape index (κ3) is 4.71. The topological polar surface area (TPSA) is 55.5 Å². The normalized spacial score (nSPS) is 11.0. The lowest BCUT2D eigenvalue weighted by molar-refractivity contribution is -0.384. The second-order valence-corrected chi connectivity index (χ2v) is 7.19. The molecule has 3 rings (SSSR count). The van der Waals surface area contributed by atoms with Gasteiger partial charge in [-0.05, 0) is 60.5 Å². The maximum Gasteiger partial charge on any atom is 0.269 e. The summed E-state index contributed by atoms with van der Waals surface area (Å²) < 4.78 is 0. The zero-order valence-corrected chi connectivity index (χ0v) is 15.5. The van der Waals surface area contributed by atoms with Crippen molar-refractivity contribution in [3.63, 3.8) is 0 Å². The standard InChI is InChI=1S/C20H15ClN2O2S/c1-14-12-17(23(24)25)6-11-20(14)22-13-15-2-7-18(8-3-15)26-19-9-4-16(21)5-10-19/h2-13H,1H3. The first-order valence-electron chi connectivity index (χ1n) is 7.84. The van der Waals surface area contributed by atoms with Gasteiger partial charge in [-0.25, -0.2) is 0 Å². The minimum atomic E-state index is -0.405. The van der Waals surface area contributed by atoms with Crippen LogP contribution in [0.3, 0.4) is 0 Å². The second-order valence-electron chi connectivity index (χ2n) is 5.61. The Hall–Kier alpha value is -2.63. The molecule has 0 atom stereocenters. The fourth-order valence-corrected chi connectivity index (χ4v) is 3.25. The molecule has 26 heavy (non-hydrogen) atoms. The summed E-state index contributed by atoms with van der Waals surface area (Å²) in [5, 5.41) is 11.5. The van der Waals surface area contributed by atoms with Gasteiger partial charge in [0, 0.05) is 33.2 Å². The Morgan fingerprint density at radius 1 is 1.00 bits per heavy atom. The van der Waals surface area contributed by atoms with Gasteiger partial charge < -0.3 is 0 Å². The van der Waals surface area contributed by atoms with Crippen LogP contribution in [-0.2, 0) is 0 Å². The lowest BCUT2D eigenvalue weighted by atomic mass is 10.2. The van der Waals surface area contributed by atoms with Gasteiger partial charge in [-0.15, -0.1) is 0 Å². The number of aryl methyl sites for hydroxylation is 1. The van der Waals surface area contributed by atoms with Crippen LogP contribution in [0.4, 0.5) is 11.4 Å². The summed E-state index contributed by atoms with van der Waals surface area (Å²) in [7, 11) is 0. The number of halogens is 1. The van der Waals surface area contributed by atoms with Crippen molar-refractivity contribution >= 4 is 41.0 Å². The van der Waals surface area contributed by atoms with E-state index >= 15 is 0 Å². The van der Waals surface area contributed by atoms with E-state index in [0.717, 1.165) is 31.6 Å². The lowest BCUT2D eigenvalue weighted by Crippen LogP contribution is -1.88. The molecule has 3 aromatic carbocycles. The molecule has 0 fully saturated rings. The molecule has 0 aliphatic rings. The van der Waals surface area contributed by atoms with Crippen molar-refractivity contribution in [3.8, 4) is 0 Å². The smallest absolute Gasteiger partial charge is 0.258 e. The fourth-order valence-electron chi connectivity index (χ4n) is 2.30. The molecule has 0 bridgehead atoms. The SMILES string of the molecule is Cc1cc([N+](=O)[O-])ccc1N=Cc1ccc(Sc2ccc(Cl)cc2)cc1. The molecule has 0 aliphatic heterocycles. The monoisotopic (exact) mass is 382 g/mol. The molecule has 0 unspecified atom stereocenters. The summed E-state index contributed by atoms with van der Waals surface area (Å²) in [6.07, 6.45) is 1.75. The highest BCUT2D eigenvalue weighted by molar-refractivity contribution is 7.99. The Labute approximate surface area is 160 Å². The predicted octanol–water partition coefficient (Wildman–Crippen LogP) is 6.46. The molecular formula is C20H15ClN2O2S. The van der Waals surface area contributed by atoms with Gasteiger partial charge >= 0.3 is 0 Å². The maximum atomic E-state index is 10.8. The number of benzene rings is 3. The molecule has 0 heterocycles. The van der Waals surface area contributed by atoms with Crippen LogP contribution in [0.15, 0.2) is 81.5 Å². The Morgan fingerprint density at radius 2 is 1.62 bits per heavy atom. The number of nitro groups is 1. The first kappa shape index (κ1) is 18.2. The summed E-state index contributed by atoms with van der Waals surface area (Å²) >= 11 is 7.56. The first-order valence-corrected chi connectivity index (χ1v) is 9.03. The minimum Gasteiger partial charge on any atom is -0.258 e. The Kier molecular flexibility index (Phi) is 5.71. The molecule has 4 nitrogen and oxygen atoms in total. The number of non-ortho nitro benzene ring substituents is 1. The summed E-state index contributed by atoms with van der Waals surface area (Å²) in [4.78, 5) is 17.1. The molecule has 6 heteroatoms. The zero-order chi connectivity index (χ0) is 18.5. The van der Waals surface area contributed by atoms with Gasteiger partial charge in [-0.1, -0.05) is 35.5 Å². The van der Waals surface area contributed by atoms with Crippen LogP contribution in [-0.4, -0.2) is 11.1 Å². The molecule has 130 valence electrons. The fraction of sp³-hybridized carbons (Fsp3) is 0.0500. The van der Waals surface area contributed by atoms with E-state index in [1.807, 2.05) is 55.5 Å². The van der Waals surface area contributed by atoms with Crippen LogP contribution in [0, 0.1) is 17.0 Å². The van der Waals surface area contributed by atoms with E-state index in [9.17, 15) is 10.1 Å². The van der Waals surface area contributed by atoms with E-state index in [4.69, 9.17) is 11.6 Å². The second kappa shape index (κ2) is 8.17. The highest BCUT2D eigenvalue weighted by atomic mass is 35.5. The number of hydrogen-bond acceptors (Lipinski definition) is 4. The van der Waals surface area contributed by atoms with Gasteiger partial charge in [0.2, 0.25) is 0 Å². The quantitative estimate of drug-likeness (QED) is 0.289. The van der Waals surface area contributed by atoms with Gasteiger partial charge in [-0.2, -0.15) is 0 Å². The molecule has 3 aromatic rings. The number of nitrogens with zero attached hydrogens (tertiary/aromatic N) is 2. The molecule has 0 spiro atoms. The van der Waals surface area contributed by atoms with Crippen molar-refractivity contribution in [2.24, 2.45) is 4.99 Å². The summed E-state index contributed by atoms with van der Waals surface area (Å²) in [6, 6.07) is 20.4. The summed E-state index contributed by atoms with van der Waals surface area (Å²) in [5.41, 5.74) is 2.52. The number of aliphatic imine (C=N–C) groups is 1. The third-order valence-corrected chi connectivity index (χ3v) is 4.94. The largest absolute Gasteiger partial charge is 0.269 e. The van der Waals surface area contributed by atoms with Crippen molar-refractivity contribution in [1.82, 2.24) is 0 Å². The molecule has 0 aromatic heterocycles. The molecule has 0 amide bonds. The van der Waals surface area contributed by atoms with Gasteiger partial charge in [-0.3, -0.25) is 15.1 Å². The van der Waals surface area contributed by atoms with E-state index < -0.39 is 4.92 Å². The van der Waals surface area contributed by atoms with Crippen molar-refractivity contribution in [1.29, 1.82) is 0 Å². The van der Waals surface area contributed by atoms with Crippen LogP contribution in [0.5, 0.6) is 0 Å². The van der Waals surface area contributed by atoms with Crippen LogP contribution in [0.1, 0.15) is 11.1 Å². The molecule has 0 saturated carbocycles. The van der Waals surface area contributed by atoms with E-state index in [1.165, 1.54) is 12.1 Å². The Morgan fingerprint density at radius 3 is 2.19 bits per heavy atom. The van der Waals surface area contributed by atoms with E-state index in [1.54, 1.807) is 24.0 Å². The van der Waals surface area contributed by atoms with E-state index in [0.29, 0.717) is 0 Å². The molecule has 0 aliphatic carbocycles. The lowest BCUT2D eigenvalue weighted by Gasteiger charge is -2.03. The minimum absolute atomic E-state index is 0.0741. The van der Waals surface area contributed by atoms with E-state index in [2.05, 4.69) is 4.99 Å². The van der Waals surface area contributed by atoms with Crippen molar-refractivity contribution in [2.75, 3.05) is 0 Å². The third-order valence-electron chi connectivity index (χ3n) is 3.67. The molecule has 0 saturated heterocycles. The van der Waals surface area contributed by atoms with Crippen LogP contribution < -0.4 is 0 Å². The van der Waals surface area contributed by atoms with Crippen molar-refractivity contribution < 1.29 is 4.92 Å². The van der Waals surface area contributed by atoms with Gasteiger partial charge in [0.1, 0.15) is 0 Å². The van der Waals surface area contributed by atoms with Crippen LogP contribution in [0.25, 0.3) is 0 Å². The van der Waals surface area contributed by atoms with E-state index in [-0.39, 0.29) is 5.69 Å². The maximum absolute atomic E-state index is 10.8. The average molecular weight is 383 g/mol. The number of nitro benzene ring substituents is 1. The Bertz CT molecular complexity index is 955. The van der Waals surface area contributed by atoms with Gasteiger partial charge in [0.05, 0.1) is 10.6 Å². The summed E-state index contributed by atoms with van der Waals surface area (Å²) in [5.74, 6) is 0. The first-order chi connectivity index (χ1) is 12.5. The average Bonchev–Trinajstić information content (AvgIpc) is 2.63. The van der Waals surface area contributed by atoms with Crippen molar-refractivity contribution in [2.45, 2.75) is 16.7 Å². The highest BCUT2D eigenvalue weighted by Crippen LogP contribution is 2.29. The zero-order valence-electron chi connectivity index (χ0n) is 13.9. The highest BCUT2D eigenvalue weighted by Gasteiger charge is 2.07. The predicted molar refractivity (Wildman–Crippen MR) is 107 cm³/mol. The molecule has 0 radical (unpaired) electrons.